The molecule has 8 nitrogen and oxygen atoms in total. The molecule has 0 aromatic carbocycles. The highest BCUT2D eigenvalue weighted by Crippen LogP contribution is 2.17. The van der Waals surface area contributed by atoms with Crippen LogP contribution in [0.25, 0.3) is 0 Å². The number of nitrogens with one attached hydrogen (secondary N) is 1. The molecule has 0 saturated heterocycles. The zero-order chi connectivity index (χ0) is 49.3. The van der Waals surface area contributed by atoms with Crippen molar-refractivity contribution < 1.29 is 29.0 Å². The van der Waals surface area contributed by atoms with Crippen molar-refractivity contribution in [2.24, 2.45) is 0 Å². The van der Waals surface area contributed by atoms with Gasteiger partial charge in [0, 0.05) is 19.3 Å². The Bertz CT molecular complexity index is 1080. The van der Waals surface area contributed by atoms with Crippen LogP contribution in [0.15, 0.2) is 5.76 Å². The van der Waals surface area contributed by atoms with Crippen LogP contribution in [0.5, 0.6) is 0 Å². The van der Waals surface area contributed by atoms with Crippen molar-refractivity contribution in [3.8, 4) is 0 Å². The third-order valence-electron chi connectivity index (χ3n) is 14.0. The molecule has 0 atom stereocenters. The van der Waals surface area contributed by atoms with Gasteiger partial charge in [0.25, 0.3) is 0 Å². The Morgan fingerprint density at radius 1 is 0.382 bits per heavy atom. The third-order valence-corrected chi connectivity index (χ3v) is 14.0. The number of rotatable bonds is 59. The maximum absolute atomic E-state index is 12.4. The number of unbranched alkanes of at least 4 members (excludes halogenated alkanes) is 38. The number of nitrogens with zero attached hydrogens (tertiary/aromatic N) is 1. The minimum atomic E-state index is -0.712. The molecule has 0 aliphatic carbocycles. The lowest BCUT2D eigenvalue weighted by Crippen LogP contribution is -2.30. The maximum Gasteiger partial charge on any atom is 0.305 e. The van der Waals surface area contributed by atoms with Crippen molar-refractivity contribution in [3.63, 3.8) is 0 Å². The average Bonchev–Trinajstić information content (AvgIpc) is 3.33. The first-order valence-electron chi connectivity index (χ1n) is 30.2. The summed E-state index contributed by atoms with van der Waals surface area (Å²) >= 11 is 0. The molecule has 0 aliphatic heterocycles. The Labute approximate surface area is 422 Å². The van der Waals surface area contributed by atoms with Crippen LogP contribution in [0.2, 0.25) is 0 Å². The highest BCUT2D eigenvalue weighted by Gasteiger charge is 2.08. The number of carboxylic acids is 1. The molecule has 68 heavy (non-hydrogen) atoms. The van der Waals surface area contributed by atoms with Gasteiger partial charge in [-0.25, -0.2) is 4.79 Å². The minimum Gasteiger partial charge on any atom is -0.487 e. The lowest BCUT2D eigenvalue weighted by Gasteiger charge is -2.22. The number of hydrogen-bond donors (Lipinski definition) is 2. The second-order valence-corrected chi connectivity index (χ2v) is 20.7. The molecular weight excluding hydrogens is 845 g/mol. The first-order valence-corrected chi connectivity index (χ1v) is 30.2. The molecule has 0 rings (SSSR count). The monoisotopic (exact) mass is 961 g/mol. The molecule has 0 saturated carbocycles. The summed E-state index contributed by atoms with van der Waals surface area (Å²) in [6, 6.07) is 0. The van der Waals surface area contributed by atoms with E-state index in [1.165, 1.54) is 199 Å². The van der Waals surface area contributed by atoms with Gasteiger partial charge in [-0.05, 0) is 90.5 Å². The van der Waals surface area contributed by atoms with E-state index in [4.69, 9.17) is 14.6 Å². The smallest absolute Gasteiger partial charge is 0.305 e. The number of carboxylic acid groups (broad SMARTS) is 1. The van der Waals surface area contributed by atoms with E-state index in [0.717, 1.165) is 116 Å². The van der Waals surface area contributed by atoms with Gasteiger partial charge in [-0.2, -0.15) is 0 Å². The van der Waals surface area contributed by atoms with E-state index in [1.807, 2.05) is 5.94 Å². The number of aliphatic carboxylic acids is 1. The number of ether oxygens (including phenoxy) is 2. The Kier molecular flexibility index (Phi) is 56.1. The fourth-order valence-electron chi connectivity index (χ4n) is 9.43. The minimum absolute atomic E-state index is 0.0474. The van der Waals surface area contributed by atoms with Gasteiger partial charge in [0.2, 0.25) is 0 Å². The summed E-state index contributed by atoms with van der Waals surface area (Å²) < 4.78 is 11.3. The summed E-state index contributed by atoms with van der Waals surface area (Å²) in [5.74, 6) is 1.77. The molecule has 0 radical (unpaired) electrons. The molecule has 402 valence electrons. The Morgan fingerprint density at radius 2 is 0.706 bits per heavy atom. The molecule has 0 heterocycles. The van der Waals surface area contributed by atoms with Gasteiger partial charge >= 0.3 is 11.9 Å². The van der Waals surface area contributed by atoms with E-state index in [9.17, 15) is 14.4 Å². The van der Waals surface area contributed by atoms with Crippen LogP contribution in [0.3, 0.4) is 0 Å². The van der Waals surface area contributed by atoms with E-state index in [1.54, 1.807) is 0 Å². The predicted molar refractivity (Wildman–Crippen MR) is 291 cm³/mol. The van der Waals surface area contributed by atoms with E-state index >= 15 is 0 Å². The topological polar surface area (TPSA) is 105 Å². The van der Waals surface area contributed by atoms with Crippen LogP contribution in [-0.4, -0.2) is 73.8 Å². The fourth-order valence-corrected chi connectivity index (χ4v) is 9.43. The summed E-state index contributed by atoms with van der Waals surface area (Å²) in [5.41, 5.74) is 0. The number of carbonyl (C=O) groups excluding carboxylic acids is 2. The van der Waals surface area contributed by atoms with Crippen molar-refractivity contribution in [2.45, 2.75) is 316 Å². The van der Waals surface area contributed by atoms with Gasteiger partial charge in [-0.15, -0.1) is 0 Å². The van der Waals surface area contributed by atoms with Crippen LogP contribution in [0.4, 0.5) is 0 Å². The molecule has 8 heteroatoms. The molecule has 0 unspecified atom stereocenters. The summed E-state index contributed by atoms with van der Waals surface area (Å²) in [5, 5.41) is 12.6. The highest BCUT2D eigenvalue weighted by molar-refractivity contribution is 5.69. The molecule has 0 fully saturated rings. The summed E-state index contributed by atoms with van der Waals surface area (Å²) in [6.45, 7) is 10.8. The lowest BCUT2D eigenvalue weighted by molar-refractivity contribution is -0.144. The molecule has 0 aromatic heterocycles. The van der Waals surface area contributed by atoms with E-state index < -0.39 is 5.97 Å². The number of esters is 1. The van der Waals surface area contributed by atoms with Crippen molar-refractivity contribution in [3.05, 3.63) is 5.76 Å². The van der Waals surface area contributed by atoms with E-state index in [-0.39, 0.29) is 12.4 Å². The first-order chi connectivity index (χ1) is 33.5. The van der Waals surface area contributed by atoms with Crippen molar-refractivity contribution in [2.75, 3.05) is 45.9 Å². The van der Waals surface area contributed by atoms with Crippen molar-refractivity contribution in [1.82, 2.24) is 10.2 Å². The summed E-state index contributed by atoms with van der Waals surface area (Å²) in [4.78, 5) is 37.2. The van der Waals surface area contributed by atoms with Gasteiger partial charge in [0.05, 0.1) is 13.2 Å². The average molecular weight is 962 g/mol. The van der Waals surface area contributed by atoms with Gasteiger partial charge in [-0.3, -0.25) is 9.59 Å². The molecular formula is C60H116N2O6. The van der Waals surface area contributed by atoms with E-state index in [2.05, 4.69) is 24.1 Å². The maximum atomic E-state index is 12.4. The lowest BCUT2D eigenvalue weighted by atomic mass is 10.0. The molecule has 0 bridgehead atoms. The van der Waals surface area contributed by atoms with Gasteiger partial charge in [0.15, 0.2) is 11.7 Å². The zero-order valence-corrected chi connectivity index (χ0v) is 45.6. The number of allylic oxidation sites excluding steroid dienone is 1. The summed E-state index contributed by atoms with van der Waals surface area (Å²) in [6.07, 6.45) is 57.4. The van der Waals surface area contributed by atoms with Crippen LogP contribution >= 0.6 is 0 Å². The Hall–Kier alpha value is -1.89. The van der Waals surface area contributed by atoms with Gasteiger partial charge < -0.3 is 24.8 Å². The Morgan fingerprint density at radius 3 is 1.12 bits per heavy atom. The second-order valence-electron chi connectivity index (χ2n) is 20.7. The van der Waals surface area contributed by atoms with Crippen LogP contribution < -0.4 is 5.32 Å². The SMILES string of the molecule is CCCCCCCCCCCCCCCCCCCCCCCCOC(=O)CCCCCN(CCCCCC(=O)O)CCCNCCCCCC(=C=O)OCCCCCCCCCCCCCC. The van der Waals surface area contributed by atoms with Crippen LogP contribution in [-0.2, 0) is 23.9 Å². The standard InChI is InChI=1S/C60H116N2O6/c1-3-5-7-9-11-13-15-17-18-19-20-21-22-23-24-25-26-28-30-32-34-45-56-68-60(66)49-40-37-43-53-62(52-42-36-39-48-59(64)65)54-46-51-61-50-41-35-38-47-58(57-63)67-55-44-33-31-29-27-16-14-12-10-8-6-4-2/h61H,3-56H2,1-2H3,(H,64,65). The van der Waals surface area contributed by atoms with Crippen LogP contribution in [0.1, 0.15) is 316 Å². The largest absolute Gasteiger partial charge is 0.487 e. The molecule has 2 N–H and O–H groups in total. The van der Waals surface area contributed by atoms with Gasteiger partial charge in [-0.1, -0.05) is 239 Å². The fraction of sp³-hybridized carbons (Fsp3) is 0.933. The molecule has 0 aliphatic rings. The predicted octanol–water partition coefficient (Wildman–Crippen LogP) is 17.6. The summed E-state index contributed by atoms with van der Waals surface area (Å²) in [7, 11) is 0. The molecule has 0 spiro atoms. The van der Waals surface area contributed by atoms with Gasteiger partial charge in [0.1, 0.15) is 0 Å². The van der Waals surface area contributed by atoms with Crippen LogP contribution in [0, 0.1) is 0 Å². The normalized spacial score (nSPS) is 11.4. The first kappa shape index (κ1) is 66.1. The zero-order valence-electron chi connectivity index (χ0n) is 45.6. The Balaban J connectivity index is 3.81. The molecule has 0 aromatic rings. The number of carbonyl (C=O) groups is 2. The number of hydrogen-bond acceptors (Lipinski definition) is 7. The third kappa shape index (κ3) is 55.0. The van der Waals surface area contributed by atoms with Crippen molar-refractivity contribution in [1.29, 1.82) is 0 Å². The molecule has 0 amide bonds. The van der Waals surface area contributed by atoms with E-state index in [0.29, 0.717) is 31.8 Å². The second kappa shape index (κ2) is 57.7. The quantitative estimate of drug-likeness (QED) is 0.0269. The highest BCUT2D eigenvalue weighted by atomic mass is 16.5. The van der Waals surface area contributed by atoms with Crippen molar-refractivity contribution >= 4 is 17.9 Å².